The number of benzene rings is 2. The van der Waals surface area contributed by atoms with Crippen LogP contribution in [0.2, 0.25) is 0 Å². The molecule has 4 aromatic rings. The quantitative estimate of drug-likeness (QED) is 0.235. The second-order valence-corrected chi connectivity index (χ2v) is 10.1. The number of thiocarbonyl (C=S) groups is 1. The molecule has 1 saturated heterocycles. The molecule has 1 amide bonds. The number of thiophene rings is 1. The molecule has 1 fully saturated rings. The number of thioether (sulfide) groups is 1. The highest BCUT2D eigenvalue weighted by atomic mass is 32.2. The number of nitrogens with zero attached hydrogens (tertiary/aromatic N) is 2. The van der Waals surface area contributed by atoms with Crippen molar-refractivity contribution in [3.8, 4) is 11.1 Å². The van der Waals surface area contributed by atoms with Gasteiger partial charge in [0.05, 0.1) is 28.0 Å². The molecule has 1 aliphatic heterocycles. The Kier molecular flexibility index (Phi) is 6.19. The van der Waals surface area contributed by atoms with E-state index in [1.54, 1.807) is 23.6 Å². The van der Waals surface area contributed by atoms with Gasteiger partial charge in [0.15, 0.2) is 16.0 Å². The largest absolute Gasteiger partial charge is 0.478 e. The first-order valence-electron chi connectivity index (χ1n) is 10.1. The SMILES string of the molecule is O=C(O)c1ccc2nc(CNN3C(=O)/C(=C/c4cc(-c5ccc(F)c(F)c5)cs4)SC3=S)[nH]c2c1. The molecule has 0 spiro atoms. The topological polar surface area (TPSA) is 98.3 Å². The lowest BCUT2D eigenvalue weighted by Crippen LogP contribution is -2.40. The molecule has 176 valence electrons. The van der Waals surface area contributed by atoms with E-state index in [1.807, 2.05) is 0 Å². The molecule has 0 radical (unpaired) electrons. The van der Waals surface area contributed by atoms with Gasteiger partial charge in [0.25, 0.3) is 5.91 Å². The molecule has 0 bridgehead atoms. The molecule has 2 aromatic heterocycles. The lowest BCUT2D eigenvalue weighted by atomic mass is 10.1. The predicted molar refractivity (Wildman–Crippen MR) is 135 cm³/mol. The third-order valence-electron chi connectivity index (χ3n) is 5.12. The van der Waals surface area contributed by atoms with Gasteiger partial charge < -0.3 is 10.1 Å². The standard InChI is InChI=1S/C23H14F2N4O3S3/c24-15-3-1-11(6-16(15)25)13-5-14(34-10-13)8-19-21(30)29(23(33)35-19)26-9-20-27-17-4-2-12(22(31)32)7-18(17)28-20/h1-8,10,26H,9H2,(H,27,28)(H,31,32)/b19-8-. The Morgan fingerprint density at radius 1 is 1.17 bits per heavy atom. The summed E-state index contributed by atoms with van der Waals surface area (Å²) in [7, 11) is 0. The summed E-state index contributed by atoms with van der Waals surface area (Å²) in [5, 5.41) is 12.2. The highest BCUT2D eigenvalue weighted by Crippen LogP contribution is 2.34. The Balaban J connectivity index is 1.29. The number of imidazole rings is 1. The van der Waals surface area contributed by atoms with Crippen LogP contribution >= 0.6 is 35.3 Å². The number of carbonyl (C=O) groups is 2. The van der Waals surface area contributed by atoms with Gasteiger partial charge in [-0.3, -0.25) is 4.79 Å². The molecule has 7 nitrogen and oxygen atoms in total. The Hall–Kier alpha value is -3.45. The summed E-state index contributed by atoms with van der Waals surface area (Å²) in [5.74, 6) is -2.68. The third-order valence-corrected chi connectivity index (χ3v) is 7.30. The molecular formula is C23H14F2N4O3S3. The van der Waals surface area contributed by atoms with Crippen molar-refractivity contribution in [1.29, 1.82) is 0 Å². The first-order valence-corrected chi connectivity index (χ1v) is 12.2. The number of carboxylic acid groups (broad SMARTS) is 1. The number of nitrogens with one attached hydrogen (secondary N) is 2. The first-order chi connectivity index (χ1) is 16.8. The number of H-pyrrole nitrogens is 1. The summed E-state index contributed by atoms with van der Waals surface area (Å²) in [5.41, 5.74) is 5.52. The number of rotatable bonds is 6. The number of fused-ring (bicyclic) bond motifs is 1. The van der Waals surface area contributed by atoms with Gasteiger partial charge >= 0.3 is 5.97 Å². The van der Waals surface area contributed by atoms with Gasteiger partial charge in [0, 0.05) is 4.88 Å². The van der Waals surface area contributed by atoms with Crippen LogP contribution in [0.3, 0.4) is 0 Å². The van der Waals surface area contributed by atoms with E-state index in [-0.39, 0.29) is 18.0 Å². The Labute approximate surface area is 210 Å². The van der Waals surface area contributed by atoms with Gasteiger partial charge in [0.1, 0.15) is 5.82 Å². The number of aromatic amines is 1. The zero-order valence-electron chi connectivity index (χ0n) is 17.5. The number of halogens is 2. The van der Waals surface area contributed by atoms with Crippen LogP contribution in [0.5, 0.6) is 0 Å². The molecule has 0 saturated carbocycles. The summed E-state index contributed by atoms with van der Waals surface area (Å²) in [6, 6.07) is 10.1. The fourth-order valence-corrected chi connectivity index (χ4v) is 5.55. The maximum atomic E-state index is 13.6. The van der Waals surface area contributed by atoms with Crippen molar-refractivity contribution in [3.63, 3.8) is 0 Å². The molecule has 0 aliphatic carbocycles. The summed E-state index contributed by atoms with van der Waals surface area (Å²) >= 11 is 7.84. The molecule has 0 atom stereocenters. The van der Waals surface area contributed by atoms with Crippen molar-refractivity contribution in [1.82, 2.24) is 20.4 Å². The van der Waals surface area contributed by atoms with Gasteiger partial charge in [-0.1, -0.05) is 30.0 Å². The average Bonchev–Trinajstić information content (AvgIpc) is 3.52. The predicted octanol–water partition coefficient (Wildman–Crippen LogP) is 5.17. The summed E-state index contributed by atoms with van der Waals surface area (Å²) in [4.78, 5) is 32.6. The molecule has 3 N–H and O–H groups in total. The number of carbonyl (C=O) groups excluding carboxylic acids is 1. The molecule has 12 heteroatoms. The van der Waals surface area contributed by atoms with Gasteiger partial charge in [-0.2, -0.15) is 0 Å². The lowest BCUT2D eigenvalue weighted by molar-refractivity contribution is -0.124. The van der Waals surface area contributed by atoms with Crippen molar-refractivity contribution in [3.05, 3.63) is 80.6 Å². The number of amides is 1. The maximum Gasteiger partial charge on any atom is 0.335 e. The smallest absolute Gasteiger partial charge is 0.335 e. The summed E-state index contributed by atoms with van der Waals surface area (Å²) in [6.07, 6.45) is 1.70. The molecule has 3 heterocycles. The molecule has 1 aliphatic rings. The van der Waals surface area contributed by atoms with Crippen molar-refractivity contribution in [2.24, 2.45) is 0 Å². The van der Waals surface area contributed by atoms with Crippen LogP contribution in [0.25, 0.3) is 28.2 Å². The molecule has 5 rings (SSSR count). The second kappa shape index (κ2) is 9.30. The highest BCUT2D eigenvalue weighted by molar-refractivity contribution is 8.26. The molecule has 35 heavy (non-hydrogen) atoms. The number of carboxylic acids is 1. The van der Waals surface area contributed by atoms with Crippen LogP contribution in [0.15, 0.2) is 52.7 Å². The minimum atomic E-state index is -1.03. The molecular weight excluding hydrogens is 514 g/mol. The van der Waals surface area contributed by atoms with E-state index in [2.05, 4.69) is 15.4 Å². The number of hydrogen-bond donors (Lipinski definition) is 3. The third kappa shape index (κ3) is 4.73. The Bertz CT molecular complexity index is 1550. The van der Waals surface area contributed by atoms with Gasteiger partial charge in [-0.05, 0) is 59.0 Å². The van der Waals surface area contributed by atoms with Crippen molar-refractivity contribution in [2.45, 2.75) is 6.54 Å². The van der Waals surface area contributed by atoms with Crippen molar-refractivity contribution >= 4 is 68.6 Å². The van der Waals surface area contributed by atoms with Crippen molar-refractivity contribution < 1.29 is 23.5 Å². The van der Waals surface area contributed by atoms with Crippen LogP contribution in [0.1, 0.15) is 21.1 Å². The molecule has 2 aromatic carbocycles. The highest BCUT2D eigenvalue weighted by Gasteiger charge is 2.32. The minimum absolute atomic E-state index is 0.143. The van der Waals surface area contributed by atoms with E-state index in [1.165, 1.54) is 34.5 Å². The van der Waals surface area contributed by atoms with E-state index in [9.17, 15) is 18.4 Å². The fraction of sp³-hybridized carbons (Fsp3) is 0.0435. The van der Waals surface area contributed by atoms with E-state index >= 15 is 0 Å². The zero-order chi connectivity index (χ0) is 24.7. The molecule has 0 unspecified atom stereocenters. The van der Waals surface area contributed by atoms with Gasteiger partial charge in [-0.25, -0.2) is 29.0 Å². The normalized spacial score (nSPS) is 15.0. The first kappa shape index (κ1) is 23.3. The monoisotopic (exact) mass is 528 g/mol. The van der Waals surface area contributed by atoms with E-state index in [0.717, 1.165) is 28.8 Å². The minimum Gasteiger partial charge on any atom is -0.478 e. The number of aromatic nitrogens is 2. The van der Waals surface area contributed by atoms with E-state index < -0.39 is 17.6 Å². The summed E-state index contributed by atoms with van der Waals surface area (Å²) in [6.45, 7) is 0.163. The number of hydrogen-bond acceptors (Lipinski definition) is 7. The van der Waals surface area contributed by atoms with Crippen LogP contribution in [-0.4, -0.2) is 36.3 Å². The fourth-order valence-electron chi connectivity index (χ4n) is 3.42. The van der Waals surface area contributed by atoms with Crippen molar-refractivity contribution in [2.75, 3.05) is 0 Å². The second-order valence-electron chi connectivity index (χ2n) is 7.44. The Morgan fingerprint density at radius 3 is 2.77 bits per heavy atom. The Morgan fingerprint density at radius 2 is 2.00 bits per heavy atom. The van der Waals surface area contributed by atoms with Crippen LogP contribution in [0.4, 0.5) is 8.78 Å². The summed E-state index contributed by atoms with van der Waals surface area (Å²) < 4.78 is 27.1. The lowest BCUT2D eigenvalue weighted by Gasteiger charge is -2.14. The van der Waals surface area contributed by atoms with Gasteiger partial charge in [-0.15, -0.1) is 11.3 Å². The van der Waals surface area contributed by atoms with E-state index in [4.69, 9.17) is 17.3 Å². The van der Waals surface area contributed by atoms with E-state index in [0.29, 0.717) is 37.2 Å². The van der Waals surface area contributed by atoms with Crippen LogP contribution in [-0.2, 0) is 11.3 Å². The average molecular weight is 529 g/mol. The van der Waals surface area contributed by atoms with Crippen LogP contribution < -0.4 is 5.43 Å². The number of hydrazine groups is 1. The number of aromatic carboxylic acids is 1. The van der Waals surface area contributed by atoms with Gasteiger partial charge in [0.2, 0.25) is 0 Å². The zero-order valence-corrected chi connectivity index (χ0v) is 20.0. The maximum absolute atomic E-state index is 13.6. The van der Waals surface area contributed by atoms with Crippen LogP contribution in [0, 0.1) is 11.6 Å².